The molecule has 0 aliphatic rings. The fraction of sp³-hybridized carbons (Fsp3) is 0.0625. The Morgan fingerprint density at radius 2 is 2.00 bits per heavy atom. The number of carbonyl (C=O) groups excluding carboxylic acids is 1. The second-order valence-electron chi connectivity index (χ2n) is 4.70. The van der Waals surface area contributed by atoms with Crippen LogP contribution in [0.4, 0.5) is 5.69 Å². The van der Waals surface area contributed by atoms with Gasteiger partial charge in [-0.1, -0.05) is 0 Å². The predicted molar refractivity (Wildman–Crippen MR) is 90.1 cm³/mol. The van der Waals surface area contributed by atoms with Gasteiger partial charge in [0.15, 0.2) is 0 Å². The minimum Gasteiger partial charge on any atom is -0.361 e. The molecule has 3 nitrogen and oxygen atoms in total. The number of anilines is 1. The molecule has 0 bridgehead atoms. The molecule has 2 aromatic carbocycles. The number of aromatic nitrogens is 1. The molecule has 0 unspecified atom stereocenters. The van der Waals surface area contributed by atoms with Crippen molar-refractivity contribution in [1.29, 1.82) is 0 Å². The zero-order chi connectivity index (χ0) is 14.1. The maximum atomic E-state index is 12.2. The molecule has 0 spiro atoms. The van der Waals surface area contributed by atoms with Gasteiger partial charge in [-0.05, 0) is 77.5 Å². The van der Waals surface area contributed by atoms with Crippen LogP contribution in [0.5, 0.6) is 0 Å². The Bertz CT molecular complexity index is 792. The lowest BCUT2D eigenvalue weighted by atomic mass is 10.1. The quantitative estimate of drug-likeness (QED) is 0.643. The molecular formula is C16H13IN2O. The van der Waals surface area contributed by atoms with E-state index in [0.29, 0.717) is 5.56 Å². The number of aryl methyl sites for hydroxylation is 1. The number of aromatic amines is 1. The van der Waals surface area contributed by atoms with Crippen molar-refractivity contribution in [2.45, 2.75) is 6.92 Å². The molecule has 0 atom stereocenters. The molecule has 4 heteroatoms. The van der Waals surface area contributed by atoms with Crippen molar-refractivity contribution in [3.63, 3.8) is 0 Å². The summed E-state index contributed by atoms with van der Waals surface area (Å²) in [5.74, 6) is -0.0839. The fourth-order valence-electron chi connectivity index (χ4n) is 2.12. The Balaban J connectivity index is 1.85. The van der Waals surface area contributed by atoms with E-state index in [-0.39, 0.29) is 5.91 Å². The second-order valence-corrected chi connectivity index (χ2v) is 5.86. The van der Waals surface area contributed by atoms with Crippen molar-refractivity contribution in [3.8, 4) is 0 Å². The third-order valence-electron chi connectivity index (χ3n) is 3.23. The van der Waals surface area contributed by atoms with E-state index in [4.69, 9.17) is 0 Å². The normalized spacial score (nSPS) is 10.7. The highest BCUT2D eigenvalue weighted by Gasteiger charge is 2.08. The maximum absolute atomic E-state index is 12.2. The number of amides is 1. The smallest absolute Gasteiger partial charge is 0.255 e. The molecule has 3 rings (SSSR count). The van der Waals surface area contributed by atoms with Gasteiger partial charge in [0, 0.05) is 31.9 Å². The van der Waals surface area contributed by atoms with Crippen LogP contribution in [0, 0.1) is 10.5 Å². The van der Waals surface area contributed by atoms with Crippen molar-refractivity contribution in [2.24, 2.45) is 0 Å². The van der Waals surface area contributed by atoms with Crippen LogP contribution in [0.15, 0.2) is 48.7 Å². The van der Waals surface area contributed by atoms with Gasteiger partial charge in [-0.2, -0.15) is 0 Å². The summed E-state index contributed by atoms with van der Waals surface area (Å²) in [5.41, 5.74) is 3.66. The Morgan fingerprint density at radius 3 is 2.80 bits per heavy atom. The van der Waals surface area contributed by atoms with E-state index in [2.05, 4.69) is 32.9 Å². The van der Waals surface area contributed by atoms with Crippen molar-refractivity contribution in [1.82, 2.24) is 4.98 Å². The monoisotopic (exact) mass is 376 g/mol. The van der Waals surface area contributed by atoms with Crippen LogP contribution in [0.25, 0.3) is 10.9 Å². The Kier molecular flexibility index (Phi) is 3.48. The average molecular weight is 376 g/mol. The molecule has 2 N–H and O–H groups in total. The summed E-state index contributed by atoms with van der Waals surface area (Å²) in [6.07, 6.45) is 1.89. The van der Waals surface area contributed by atoms with Gasteiger partial charge in [0.05, 0.1) is 0 Å². The summed E-state index contributed by atoms with van der Waals surface area (Å²) in [5, 5.41) is 4.02. The molecule has 1 heterocycles. The van der Waals surface area contributed by atoms with Crippen molar-refractivity contribution in [2.75, 3.05) is 5.32 Å². The molecule has 0 saturated heterocycles. The molecule has 0 aliphatic carbocycles. The van der Waals surface area contributed by atoms with E-state index in [1.165, 1.54) is 0 Å². The molecule has 3 aromatic rings. The van der Waals surface area contributed by atoms with Crippen LogP contribution in [-0.2, 0) is 0 Å². The summed E-state index contributed by atoms with van der Waals surface area (Å²) < 4.78 is 1.16. The van der Waals surface area contributed by atoms with Crippen LogP contribution < -0.4 is 5.32 Å². The third-order valence-corrected chi connectivity index (χ3v) is 4.44. The first-order valence-corrected chi connectivity index (χ1v) is 7.36. The van der Waals surface area contributed by atoms with Gasteiger partial charge in [-0.25, -0.2) is 0 Å². The number of carbonyl (C=O) groups is 1. The van der Waals surface area contributed by atoms with E-state index < -0.39 is 0 Å². The molecule has 20 heavy (non-hydrogen) atoms. The highest BCUT2D eigenvalue weighted by atomic mass is 127. The lowest BCUT2D eigenvalue weighted by molar-refractivity contribution is 0.102. The number of hydrogen-bond donors (Lipinski definition) is 2. The molecule has 1 aromatic heterocycles. The summed E-state index contributed by atoms with van der Waals surface area (Å²) >= 11 is 2.26. The van der Waals surface area contributed by atoms with Gasteiger partial charge in [-0.15, -0.1) is 0 Å². The summed E-state index contributed by atoms with van der Waals surface area (Å²) in [6, 6.07) is 13.5. The van der Waals surface area contributed by atoms with Crippen molar-refractivity contribution in [3.05, 3.63) is 63.4 Å². The number of rotatable bonds is 2. The van der Waals surface area contributed by atoms with Gasteiger partial charge >= 0.3 is 0 Å². The van der Waals surface area contributed by atoms with Gasteiger partial charge in [0.2, 0.25) is 0 Å². The van der Waals surface area contributed by atoms with Gasteiger partial charge in [0.25, 0.3) is 5.91 Å². The van der Waals surface area contributed by atoms with E-state index in [0.717, 1.165) is 25.7 Å². The zero-order valence-electron chi connectivity index (χ0n) is 10.9. The minimum atomic E-state index is -0.0839. The number of hydrogen-bond acceptors (Lipinski definition) is 1. The van der Waals surface area contributed by atoms with Gasteiger partial charge < -0.3 is 10.3 Å². The summed E-state index contributed by atoms with van der Waals surface area (Å²) in [4.78, 5) is 15.4. The van der Waals surface area contributed by atoms with E-state index in [9.17, 15) is 4.79 Å². The van der Waals surface area contributed by atoms with Crippen LogP contribution in [0.2, 0.25) is 0 Å². The molecule has 0 aliphatic heterocycles. The Labute approximate surface area is 130 Å². The number of halogens is 1. The van der Waals surface area contributed by atoms with E-state index in [1.807, 2.05) is 55.6 Å². The van der Waals surface area contributed by atoms with Gasteiger partial charge in [0.1, 0.15) is 0 Å². The molecule has 0 saturated carbocycles. The lowest BCUT2D eigenvalue weighted by Crippen LogP contribution is -2.12. The second kappa shape index (κ2) is 5.28. The Hall–Kier alpha value is -1.82. The first kappa shape index (κ1) is 13.2. The maximum Gasteiger partial charge on any atom is 0.255 e. The molecule has 1 amide bonds. The number of H-pyrrole nitrogens is 1. The number of benzene rings is 2. The first-order chi connectivity index (χ1) is 9.63. The Morgan fingerprint density at radius 1 is 1.15 bits per heavy atom. The first-order valence-electron chi connectivity index (χ1n) is 6.28. The summed E-state index contributed by atoms with van der Waals surface area (Å²) in [6.45, 7) is 2.00. The number of nitrogens with one attached hydrogen (secondary N) is 2. The topological polar surface area (TPSA) is 44.9 Å². The lowest BCUT2D eigenvalue weighted by Gasteiger charge is -2.07. The molecule has 0 radical (unpaired) electrons. The zero-order valence-corrected chi connectivity index (χ0v) is 13.1. The highest BCUT2D eigenvalue weighted by Crippen LogP contribution is 2.19. The van der Waals surface area contributed by atoms with E-state index in [1.54, 1.807) is 0 Å². The van der Waals surface area contributed by atoms with Crippen LogP contribution in [-0.4, -0.2) is 10.9 Å². The van der Waals surface area contributed by atoms with Crippen LogP contribution >= 0.6 is 22.6 Å². The summed E-state index contributed by atoms with van der Waals surface area (Å²) in [7, 11) is 0. The average Bonchev–Trinajstić information content (AvgIpc) is 2.89. The highest BCUT2D eigenvalue weighted by molar-refractivity contribution is 14.1. The van der Waals surface area contributed by atoms with E-state index >= 15 is 0 Å². The van der Waals surface area contributed by atoms with Crippen LogP contribution in [0.3, 0.4) is 0 Å². The fourth-order valence-corrected chi connectivity index (χ4v) is 2.46. The standard InChI is InChI=1S/C16H13IN2O/c1-10-8-12(2-4-14(10)17)16(20)19-13-3-5-15-11(9-13)6-7-18-15/h2-9,18H,1H3,(H,19,20). The molecule has 0 fully saturated rings. The largest absolute Gasteiger partial charge is 0.361 e. The minimum absolute atomic E-state index is 0.0839. The predicted octanol–water partition coefficient (Wildman–Crippen LogP) is 4.33. The van der Waals surface area contributed by atoms with Crippen molar-refractivity contribution < 1.29 is 4.79 Å². The SMILES string of the molecule is Cc1cc(C(=O)Nc2ccc3[nH]ccc3c2)ccc1I. The van der Waals surface area contributed by atoms with Crippen molar-refractivity contribution >= 4 is 45.1 Å². The molecular weight excluding hydrogens is 363 g/mol. The van der Waals surface area contributed by atoms with Crippen LogP contribution in [0.1, 0.15) is 15.9 Å². The molecule has 100 valence electrons. The van der Waals surface area contributed by atoms with Gasteiger partial charge in [-0.3, -0.25) is 4.79 Å². The third kappa shape index (κ3) is 2.56. The number of fused-ring (bicyclic) bond motifs is 1.